The number of primary amides is 1. The Bertz CT molecular complexity index is 826. The van der Waals surface area contributed by atoms with E-state index in [1.807, 2.05) is 0 Å². The van der Waals surface area contributed by atoms with Crippen molar-refractivity contribution in [1.29, 1.82) is 0 Å². The molecule has 7 nitrogen and oxygen atoms in total. The Balaban J connectivity index is 1.44. The molecule has 27 heavy (non-hydrogen) atoms. The maximum atomic E-state index is 12.8. The van der Waals surface area contributed by atoms with Crippen molar-refractivity contribution in [3.05, 3.63) is 27.9 Å². The number of amides is 2. The van der Waals surface area contributed by atoms with E-state index in [4.69, 9.17) is 5.73 Å². The number of hydrogen-bond donors (Lipinski definition) is 2. The van der Waals surface area contributed by atoms with Crippen LogP contribution in [0.2, 0.25) is 0 Å². The number of nitrogens with zero attached hydrogens (tertiary/aromatic N) is 2. The van der Waals surface area contributed by atoms with Gasteiger partial charge in [-0.25, -0.2) is 4.98 Å². The second kappa shape index (κ2) is 5.91. The van der Waals surface area contributed by atoms with Gasteiger partial charge in [0.25, 0.3) is 11.5 Å². The summed E-state index contributed by atoms with van der Waals surface area (Å²) in [7, 11) is 0. The number of aromatic amines is 1. The molecule has 0 spiro atoms. The van der Waals surface area contributed by atoms with E-state index < -0.39 is 23.4 Å². The van der Waals surface area contributed by atoms with E-state index in [0.29, 0.717) is 13.0 Å². The number of H-pyrrole nitrogens is 1. The molecule has 4 aliphatic carbocycles. The summed E-state index contributed by atoms with van der Waals surface area (Å²) in [5.74, 6) is 2.06. The van der Waals surface area contributed by atoms with E-state index in [9.17, 15) is 14.4 Å². The van der Waals surface area contributed by atoms with Crippen molar-refractivity contribution in [2.75, 3.05) is 6.54 Å². The highest BCUT2D eigenvalue weighted by Crippen LogP contribution is 2.59. The number of nitrogens with two attached hydrogens (primary N) is 1. The van der Waals surface area contributed by atoms with Crippen LogP contribution in [-0.4, -0.2) is 39.3 Å². The third kappa shape index (κ3) is 2.62. The van der Waals surface area contributed by atoms with Crippen LogP contribution in [0.25, 0.3) is 0 Å². The van der Waals surface area contributed by atoms with Gasteiger partial charge in [-0.3, -0.25) is 14.4 Å². The maximum absolute atomic E-state index is 12.8. The van der Waals surface area contributed by atoms with Crippen LogP contribution in [0.4, 0.5) is 0 Å². The van der Waals surface area contributed by atoms with Gasteiger partial charge in [-0.1, -0.05) is 0 Å². The molecule has 6 rings (SSSR count). The highest BCUT2D eigenvalue weighted by atomic mass is 16.2. The van der Waals surface area contributed by atoms with E-state index in [0.717, 1.165) is 49.3 Å². The smallest absolute Gasteiger partial charge is 0.263 e. The number of carbonyl (C=O) groups excluding carboxylic acids is 2. The SMILES string of the molecule is NC(=O)[C@@H]1CCCN1C(=O)c1cnc(C23CC4CC(CC(C4)C2)C3)[nH]c1=O. The topological polar surface area (TPSA) is 109 Å². The minimum Gasteiger partial charge on any atom is -0.368 e. The first-order chi connectivity index (χ1) is 12.9. The Labute approximate surface area is 157 Å². The van der Waals surface area contributed by atoms with Crippen LogP contribution < -0.4 is 11.3 Å². The number of likely N-dealkylation sites (tertiary alicyclic amines) is 1. The van der Waals surface area contributed by atoms with Crippen LogP contribution in [0, 0.1) is 17.8 Å². The molecule has 2 heterocycles. The summed E-state index contributed by atoms with van der Waals surface area (Å²) in [5, 5.41) is 0. The molecule has 144 valence electrons. The largest absolute Gasteiger partial charge is 0.368 e. The Morgan fingerprint density at radius 3 is 2.33 bits per heavy atom. The average molecular weight is 370 g/mol. The zero-order valence-electron chi connectivity index (χ0n) is 15.4. The van der Waals surface area contributed by atoms with Gasteiger partial charge in [-0.2, -0.15) is 0 Å². The zero-order chi connectivity index (χ0) is 18.8. The first-order valence-corrected chi connectivity index (χ1v) is 10.2. The van der Waals surface area contributed by atoms with Crippen molar-refractivity contribution in [3.8, 4) is 0 Å². The van der Waals surface area contributed by atoms with Crippen LogP contribution in [-0.2, 0) is 10.2 Å². The van der Waals surface area contributed by atoms with Gasteiger partial charge in [-0.15, -0.1) is 0 Å². The summed E-state index contributed by atoms with van der Waals surface area (Å²) >= 11 is 0. The highest BCUT2D eigenvalue weighted by molar-refractivity contribution is 5.97. The van der Waals surface area contributed by atoms with Crippen LogP contribution in [0.3, 0.4) is 0 Å². The molecule has 3 N–H and O–H groups in total. The molecule has 4 saturated carbocycles. The van der Waals surface area contributed by atoms with Gasteiger partial charge in [0.05, 0.1) is 0 Å². The van der Waals surface area contributed by atoms with Gasteiger partial charge in [0.15, 0.2) is 0 Å². The molecule has 0 unspecified atom stereocenters. The Morgan fingerprint density at radius 1 is 1.15 bits per heavy atom. The molecule has 0 aromatic carbocycles. The molecule has 5 aliphatic rings. The fourth-order valence-corrected chi connectivity index (χ4v) is 6.68. The summed E-state index contributed by atoms with van der Waals surface area (Å²) < 4.78 is 0. The molecule has 2 amide bonds. The van der Waals surface area contributed by atoms with E-state index in [1.54, 1.807) is 0 Å². The van der Waals surface area contributed by atoms with E-state index in [2.05, 4.69) is 9.97 Å². The van der Waals surface area contributed by atoms with E-state index in [1.165, 1.54) is 30.4 Å². The fraction of sp³-hybridized carbons (Fsp3) is 0.700. The second-order valence-corrected chi connectivity index (χ2v) is 9.23. The lowest BCUT2D eigenvalue weighted by Crippen LogP contribution is -2.50. The summed E-state index contributed by atoms with van der Waals surface area (Å²) in [5.41, 5.74) is 5.00. The van der Waals surface area contributed by atoms with Gasteiger partial charge < -0.3 is 15.6 Å². The van der Waals surface area contributed by atoms with Gasteiger partial charge in [0.1, 0.15) is 17.4 Å². The molecule has 1 atom stereocenters. The molecule has 5 fully saturated rings. The molecule has 4 bridgehead atoms. The Morgan fingerprint density at radius 2 is 1.78 bits per heavy atom. The quantitative estimate of drug-likeness (QED) is 0.836. The summed E-state index contributed by atoms with van der Waals surface area (Å²) in [6, 6.07) is -0.625. The zero-order valence-corrected chi connectivity index (χ0v) is 15.4. The lowest BCUT2D eigenvalue weighted by molar-refractivity contribution is -0.121. The van der Waals surface area contributed by atoms with Crippen LogP contribution >= 0.6 is 0 Å². The average Bonchev–Trinajstić information content (AvgIpc) is 3.10. The van der Waals surface area contributed by atoms with Crippen molar-refractivity contribution in [2.24, 2.45) is 23.5 Å². The molecule has 1 aromatic rings. The van der Waals surface area contributed by atoms with Gasteiger partial charge in [0.2, 0.25) is 5.91 Å². The third-order valence-electron chi connectivity index (χ3n) is 7.41. The predicted molar refractivity (Wildman–Crippen MR) is 98.0 cm³/mol. The molecular formula is C20H26N4O3. The Kier molecular flexibility index (Phi) is 3.71. The van der Waals surface area contributed by atoms with Crippen LogP contribution in [0.1, 0.15) is 67.5 Å². The minimum absolute atomic E-state index is 0.0108. The summed E-state index contributed by atoms with van der Waals surface area (Å²) in [6.45, 7) is 0.447. The predicted octanol–water partition coefficient (Wildman–Crippen LogP) is 1.33. The van der Waals surface area contributed by atoms with Crippen molar-refractivity contribution in [3.63, 3.8) is 0 Å². The normalized spacial score (nSPS) is 37.0. The standard InChI is InChI=1S/C20H26N4O3/c21-16(25)15-2-1-3-24(15)18(27)14-10-22-19(23-17(14)26)20-7-11-4-12(8-20)6-13(5-11)9-20/h10-13,15H,1-9H2,(H2,21,25)(H,22,23,26)/t11?,12?,13?,15-,20?/m0/s1. The van der Waals surface area contributed by atoms with Gasteiger partial charge in [-0.05, 0) is 69.1 Å². The molecule has 1 aliphatic heterocycles. The monoisotopic (exact) mass is 370 g/mol. The fourth-order valence-electron chi connectivity index (χ4n) is 6.68. The molecule has 1 saturated heterocycles. The van der Waals surface area contributed by atoms with E-state index in [-0.39, 0.29) is 11.0 Å². The number of carbonyl (C=O) groups is 2. The molecule has 7 heteroatoms. The van der Waals surface area contributed by atoms with Crippen molar-refractivity contribution >= 4 is 11.8 Å². The second-order valence-electron chi connectivity index (χ2n) is 9.23. The number of nitrogens with one attached hydrogen (secondary N) is 1. The first kappa shape index (κ1) is 17.0. The highest BCUT2D eigenvalue weighted by Gasteiger charge is 2.53. The van der Waals surface area contributed by atoms with Gasteiger partial charge >= 0.3 is 0 Å². The maximum Gasteiger partial charge on any atom is 0.263 e. The van der Waals surface area contributed by atoms with Crippen LogP contribution in [0.15, 0.2) is 11.0 Å². The molecule has 0 radical (unpaired) electrons. The number of rotatable bonds is 3. The summed E-state index contributed by atoms with van der Waals surface area (Å²) in [4.78, 5) is 46.1. The van der Waals surface area contributed by atoms with Crippen molar-refractivity contribution in [1.82, 2.24) is 14.9 Å². The van der Waals surface area contributed by atoms with Gasteiger partial charge in [0, 0.05) is 18.2 Å². The summed E-state index contributed by atoms with van der Waals surface area (Å²) in [6.07, 6.45) is 9.97. The molecular weight excluding hydrogens is 344 g/mol. The minimum atomic E-state index is -0.625. The van der Waals surface area contributed by atoms with Crippen molar-refractivity contribution < 1.29 is 9.59 Å². The number of hydrogen-bond acceptors (Lipinski definition) is 4. The molecule has 1 aromatic heterocycles. The first-order valence-electron chi connectivity index (χ1n) is 10.2. The third-order valence-corrected chi connectivity index (χ3v) is 7.41. The van der Waals surface area contributed by atoms with E-state index >= 15 is 0 Å². The van der Waals surface area contributed by atoms with Crippen molar-refractivity contribution in [2.45, 2.75) is 62.8 Å². The Hall–Kier alpha value is -2.18. The van der Waals surface area contributed by atoms with Crippen LogP contribution in [0.5, 0.6) is 0 Å². The lowest BCUT2D eigenvalue weighted by Gasteiger charge is -2.56. The number of aromatic nitrogens is 2. The lowest BCUT2D eigenvalue weighted by atomic mass is 9.49.